The molecule has 2 amide bonds. The van der Waals surface area contributed by atoms with Crippen molar-refractivity contribution >= 4 is 40.7 Å². The highest BCUT2D eigenvalue weighted by atomic mass is 35.5. The lowest BCUT2D eigenvalue weighted by Gasteiger charge is -2.31. The Morgan fingerprint density at radius 3 is 2.59 bits per heavy atom. The molecule has 0 spiro atoms. The fraction of sp³-hybridized carbons (Fsp3) is 0.417. The van der Waals surface area contributed by atoms with Crippen LogP contribution >= 0.6 is 23.2 Å². The second kappa shape index (κ2) is 12.2. The van der Waals surface area contributed by atoms with E-state index in [9.17, 15) is 9.59 Å². The topological polar surface area (TPSA) is 70.7 Å². The minimum Gasteiger partial charge on any atom is -0.385 e. The molecule has 8 heteroatoms. The third kappa shape index (κ3) is 6.94. The number of rotatable bonds is 9. The van der Waals surface area contributed by atoms with Crippen molar-refractivity contribution in [3.63, 3.8) is 0 Å². The Kier molecular flexibility index (Phi) is 9.36. The number of carbonyl (C=O) groups is 2. The summed E-state index contributed by atoms with van der Waals surface area (Å²) in [6.07, 6.45) is 2.24. The number of methoxy groups -OCH3 is 1. The summed E-state index contributed by atoms with van der Waals surface area (Å²) in [5.74, 6) is -0.342. The van der Waals surface area contributed by atoms with E-state index in [1.165, 1.54) is 0 Å². The van der Waals surface area contributed by atoms with E-state index in [-0.39, 0.29) is 17.7 Å². The average Bonchev–Trinajstić information content (AvgIpc) is 2.79. The number of hydrogen-bond donors (Lipinski definition) is 2. The zero-order valence-corrected chi connectivity index (χ0v) is 19.7. The monoisotopic (exact) mass is 477 g/mol. The minimum atomic E-state index is -0.202. The molecule has 1 saturated heterocycles. The highest BCUT2D eigenvalue weighted by Crippen LogP contribution is 2.26. The van der Waals surface area contributed by atoms with Gasteiger partial charge in [0.05, 0.1) is 11.3 Å². The molecule has 3 rings (SSSR count). The lowest BCUT2D eigenvalue weighted by atomic mass is 9.95. The highest BCUT2D eigenvalue weighted by Gasteiger charge is 2.26. The molecule has 0 radical (unpaired) electrons. The third-order valence-corrected chi connectivity index (χ3v) is 6.19. The number of nitrogens with one attached hydrogen (secondary N) is 2. The molecular weight excluding hydrogens is 449 g/mol. The predicted molar refractivity (Wildman–Crippen MR) is 128 cm³/mol. The highest BCUT2D eigenvalue weighted by molar-refractivity contribution is 6.35. The first-order chi connectivity index (χ1) is 15.5. The zero-order valence-electron chi connectivity index (χ0n) is 18.2. The summed E-state index contributed by atoms with van der Waals surface area (Å²) in [7, 11) is 1.63. The standard InChI is InChI=1S/C24H29Cl2N3O3/c1-32-14-4-11-27-24(31)20-5-2-3-6-22(20)28-23(30)17-9-12-29(13-10-17)16-18-7-8-19(25)15-21(18)26/h2-3,5-8,15,17H,4,9-14,16H2,1H3,(H,27,31)(H,28,30). The van der Waals surface area contributed by atoms with E-state index in [0.29, 0.717) is 34.4 Å². The summed E-state index contributed by atoms with van der Waals surface area (Å²) >= 11 is 12.3. The quantitative estimate of drug-likeness (QED) is 0.517. The number of piperidine rings is 1. The third-order valence-electron chi connectivity index (χ3n) is 5.61. The summed E-state index contributed by atoms with van der Waals surface area (Å²) in [5.41, 5.74) is 2.04. The summed E-state index contributed by atoms with van der Waals surface area (Å²) in [4.78, 5) is 27.7. The van der Waals surface area contributed by atoms with Crippen LogP contribution in [0.3, 0.4) is 0 Å². The first-order valence-electron chi connectivity index (χ1n) is 10.8. The number of hydrogen-bond acceptors (Lipinski definition) is 4. The molecular formula is C24H29Cl2N3O3. The van der Waals surface area contributed by atoms with Crippen LogP contribution in [-0.4, -0.2) is 50.1 Å². The van der Waals surface area contributed by atoms with Crippen molar-refractivity contribution in [1.82, 2.24) is 10.2 Å². The Bertz CT molecular complexity index is 930. The lowest BCUT2D eigenvalue weighted by Crippen LogP contribution is -2.38. The molecule has 0 bridgehead atoms. The van der Waals surface area contributed by atoms with Gasteiger partial charge in [0.2, 0.25) is 5.91 Å². The van der Waals surface area contributed by atoms with Crippen molar-refractivity contribution in [2.75, 3.05) is 38.7 Å². The van der Waals surface area contributed by atoms with Gasteiger partial charge in [-0.2, -0.15) is 0 Å². The molecule has 1 aliphatic heterocycles. The molecule has 172 valence electrons. The molecule has 0 aliphatic carbocycles. The SMILES string of the molecule is COCCCNC(=O)c1ccccc1NC(=O)C1CCN(Cc2ccc(Cl)cc2Cl)CC1. The molecule has 0 unspecified atom stereocenters. The van der Waals surface area contributed by atoms with Gasteiger partial charge < -0.3 is 15.4 Å². The van der Waals surface area contributed by atoms with Gasteiger partial charge in [0.1, 0.15) is 0 Å². The number of amides is 2. The second-order valence-corrected chi connectivity index (χ2v) is 8.77. The van der Waals surface area contributed by atoms with Gasteiger partial charge in [-0.05, 0) is 62.2 Å². The summed E-state index contributed by atoms with van der Waals surface area (Å²) in [6, 6.07) is 12.6. The van der Waals surface area contributed by atoms with Crippen molar-refractivity contribution in [3.8, 4) is 0 Å². The first kappa shape index (κ1) is 24.5. The van der Waals surface area contributed by atoms with Gasteiger partial charge in [-0.15, -0.1) is 0 Å². The lowest BCUT2D eigenvalue weighted by molar-refractivity contribution is -0.121. The summed E-state index contributed by atoms with van der Waals surface area (Å²) in [5, 5.41) is 7.12. The van der Waals surface area contributed by atoms with Crippen LogP contribution in [0.2, 0.25) is 10.0 Å². The number of para-hydroxylation sites is 1. The number of benzene rings is 2. The molecule has 32 heavy (non-hydrogen) atoms. The van der Waals surface area contributed by atoms with Crippen LogP contribution < -0.4 is 10.6 Å². The van der Waals surface area contributed by atoms with Crippen molar-refractivity contribution in [2.24, 2.45) is 5.92 Å². The van der Waals surface area contributed by atoms with E-state index >= 15 is 0 Å². The van der Waals surface area contributed by atoms with Crippen molar-refractivity contribution in [3.05, 3.63) is 63.6 Å². The molecule has 0 atom stereocenters. The molecule has 1 heterocycles. The molecule has 0 aromatic heterocycles. The average molecular weight is 478 g/mol. The minimum absolute atomic E-state index is 0.0474. The normalized spacial score (nSPS) is 14.8. The maximum absolute atomic E-state index is 12.9. The van der Waals surface area contributed by atoms with Gasteiger partial charge in [0.25, 0.3) is 5.91 Å². The smallest absolute Gasteiger partial charge is 0.253 e. The Balaban J connectivity index is 1.52. The Morgan fingerprint density at radius 2 is 1.88 bits per heavy atom. The van der Waals surface area contributed by atoms with Crippen molar-refractivity contribution in [1.29, 1.82) is 0 Å². The molecule has 1 aliphatic rings. The van der Waals surface area contributed by atoms with Gasteiger partial charge in [0, 0.05) is 42.8 Å². The molecule has 1 fully saturated rings. The van der Waals surface area contributed by atoms with Gasteiger partial charge >= 0.3 is 0 Å². The fourth-order valence-electron chi connectivity index (χ4n) is 3.78. The van der Waals surface area contributed by atoms with Crippen LogP contribution in [0.15, 0.2) is 42.5 Å². The number of halogens is 2. The molecule has 2 aromatic carbocycles. The summed E-state index contributed by atoms with van der Waals surface area (Å²) in [6.45, 7) is 3.44. The maximum Gasteiger partial charge on any atom is 0.253 e. The van der Waals surface area contributed by atoms with E-state index in [4.69, 9.17) is 27.9 Å². The number of carbonyl (C=O) groups excluding carboxylic acids is 2. The number of anilines is 1. The van der Waals surface area contributed by atoms with Crippen LogP contribution in [0.5, 0.6) is 0 Å². The first-order valence-corrected chi connectivity index (χ1v) is 11.6. The number of nitrogens with zero attached hydrogens (tertiary/aromatic N) is 1. The molecule has 2 aromatic rings. The Morgan fingerprint density at radius 1 is 1.12 bits per heavy atom. The molecule has 2 N–H and O–H groups in total. The van der Waals surface area contributed by atoms with E-state index in [1.54, 1.807) is 31.4 Å². The van der Waals surface area contributed by atoms with Gasteiger partial charge in [-0.25, -0.2) is 0 Å². The van der Waals surface area contributed by atoms with Crippen LogP contribution in [0.1, 0.15) is 35.2 Å². The van der Waals surface area contributed by atoms with Crippen LogP contribution in [-0.2, 0) is 16.1 Å². The number of likely N-dealkylation sites (tertiary alicyclic amines) is 1. The van der Waals surface area contributed by atoms with Gasteiger partial charge in [-0.1, -0.05) is 41.4 Å². The van der Waals surface area contributed by atoms with Crippen molar-refractivity contribution in [2.45, 2.75) is 25.8 Å². The Hall–Kier alpha value is -2.12. The van der Waals surface area contributed by atoms with Crippen LogP contribution in [0, 0.1) is 5.92 Å². The second-order valence-electron chi connectivity index (χ2n) is 7.92. The van der Waals surface area contributed by atoms with E-state index in [0.717, 1.165) is 44.5 Å². The van der Waals surface area contributed by atoms with E-state index in [1.807, 2.05) is 18.2 Å². The van der Waals surface area contributed by atoms with Crippen LogP contribution in [0.4, 0.5) is 5.69 Å². The Labute approximate surface area is 199 Å². The number of ether oxygens (including phenoxy) is 1. The van der Waals surface area contributed by atoms with Crippen molar-refractivity contribution < 1.29 is 14.3 Å². The van der Waals surface area contributed by atoms with E-state index < -0.39 is 0 Å². The summed E-state index contributed by atoms with van der Waals surface area (Å²) < 4.78 is 5.00. The molecule has 6 nitrogen and oxygen atoms in total. The van der Waals surface area contributed by atoms with E-state index in [2.05, 4.69) is 15.5 Å². The van der Waals surface area contributed by atoms with Crippen LogP contribution in [0.25, 0.3) is 0 Å². The van der Waals surface area contributed by atoms with Gasteiger partial charge in [-0.3, -0.25) is 14.5 Å². The zero-order chi connectivity index (χ0) is 22.9. The largest absolute Gasteiger partial charge is 0.385 e. The van der Waals surface area contributed by atoms with Gasteiger partial charge in [0.15, 0.2) is 0 Å². The maximum atomic E-state index is 12.9. The predicted octanol–water partition coefficient (Wildman–Crippen LogP) is 4.61. The molecule has 0 saturated carbocycles. The fourth-order valence-corrected chi connectivity index (χ4v) is 4.25.